The van der Waals surface area contributed by atoms with Crippen LogP contribution in [-0.4, -0.2) is 18.7 Å². The van der Waals surface area contributed by atoms with Crippen LogP contribution >= 0.6 is 0 Å². The maximum atomic E-state index is 10.9. The van der Waals surface area contributed by atoms with Crippen LogP contribution in [-0.2, 0) is 0 Å². The lowest BCUT2D eigenvalue weighted by Gasteiger charge is -2.16. The van der Waals surface area contributed by atoms with E-state index >= 15 is 0 Å². The molecule has 4 heterocycles. The van der Waals surface area contributed by atoms with Gasteiger partial charge < -0.3 is 13.7 Å². The summed E-state index contributed by atoms with van der Waals surface area (Å²) in [5.74, 6) is 0. The highest BCUT2D eigenvalue weighted by atomic mass is 15.0. The number of fused-ring (bicyclic) bond motifs is 9. The van der Waals surface area contributed by atoms with Crippen LogP contribution < -0.4 is 0 Å². The Balaban J connectivity index is 1.09. The van der Waals surface area contributed by atoms with Gasteiger partial charge in [0.1, 0.15) is 0 Å². The van der Waals surface area contributed by atoms with Gasteiger partial charge in [-0.05, 0) is 84.9 Å². The first kappa shape index (κ1) is 34.3. The third-order valence-electron chi connectivity index (χ3n) is 12.1. The van der Waals surface area contributed by atoms with Gasteiger partial charge in [0.15, 0.2) is 0 Å². The average Bonchev–Trinajstić information content (AvgIpc) is 3.97. The molecule has 0 fully saturated rings. The minimum atomic E-state index is 0.499. The number of rotatable bonds is 5. The van der Waals surface area contributed by atoms with Gasteiger partial charge in [0.05, 0.1) is 73.4 Å². The molecule has 8 aromatic carbocycles. The maximum Gasteiger partial charge on any atom is 0.0999 e. The zero-order chi connectivity index (χ0) is 40.6. The van der Waals surface area contributed by atoms with Crippen molar-refractivity contribution in [2.45, 2.75) is 0 Å². The van der Waals surface area contributed by atoms with Crippen LogP contribution in [0.25, 0.3) is 105 Å². The predicted octanol–water partition coefficient (Wildman–Crippen LogP) is 13.5. The van der Waals surface area contributed by atoms with E-state index in [0.717, 1.165) is 82.5 Å². The highest BCUT2D eigenvalue weighted by Gasteiger charge is 2.20. The lowest BCUT2D eigenvalue weighted by molar-refractivity contribution is 1.15. The maximum absolute atomic E-state index is 10.9. The van der Waals surface area contributed by atoms with Gasteiger partial charge in [0.25, 0.3) is 0 Å². The van der Waals surface area contributed by atoms with Crippen molar-refractivity contribution in [2.75, 3.05) is 0 Å². The van der Waals surface area contributed by atoms with Crippen LogP contribution in [0.2, 0.25) is 0 Å². The van der Waals surface area contributed by atoms with E-state index in [1.807, 2.05) is 48.5 Å². The molecule has 0 radical (unpaired) electrons. The standard InChI is InChI=1S/C55H32N6/c56-33-35-29-37(59-50-19-7-1-13-42(50)43-14-2-8-20-51(43)59)25-27-40(35)48-31-39(61-54-23-11-5-17-46(54)47-18-6-12-24-55(47)61)32-49(58-48)41-28-26-38(30-36(41)34-57)60-52-21-9-3-15-44(52)45-16-4-10-22-53(45)60/h1-32H. The van der Waals surface area contributed by atoms with Crippen molar-refractivity contribution >= 4 is 65.4 Å². The normalized spacial score (nSPS) is 11.6. The first-order valence-corrected chi connectivity index (χ1v) is 20.3. The molecule has 0 spiro atoms. The third-order valence-corrected chi connectivity index (χ3v) is 12.1. The molecule has 0 amide bonds. The van der Waals surface area contributed by atoms with Crippen molar-refractivity contribution in [3.63, 3.8) is 0 Å². The smallest absolute Gasteiger partial charge is 0.0999 e. The predicted molar refractivity (Wildman–Crippen MR) is 248 cm³/mol. The second-order valence-corrected chi connectivity index (χ2v) is 15.4. The number of nitriles is 2. The largest absolute Gasteiger partial charge is 0.309 e. The second kappa shape index (κ2) is 13.4. The zero-order valence-corrected chi connectivity index (χ0v) is 32.7. The van der Waals surface area contributed by atoms with Gasteiger partial charge in [-0.25, -0.2) is 4.98 Å². The van der Waals surface area contributed by atoms with Crippen LogP contribution in [0.1, 0.15) is 11.1 Å². The fourth-order valence-corrected chi connectivity index (χ4v) is 9.50. The number of hydrogen-bond donors (Lipinski definition) is 0. The summed E-state index contributed by atoms with van der Waals surface area (Å²) in [6, 6.07) is 71.6. The fourth-order valence-electron chi connectivity index (χ4n) is 9.50. The first-order chi connectivity index (χ1) is 30.2. The lowest BCUT2D eigenvalue weighted by Crippen LogP contribution is -2.01. The zero-order valence-electron chi connectivity index (χ0n) is 32.7. The molecule has 282 valence electrons. The second-order valence-electron chi connectivity index (χ2n) is 15.4. The molecule has 0 unspecified atom stereocenters. The molecule has 0 N–H and O–H groups in total. The molecule has 4 aromatic heterocycles. The molecular weight excluding hydrogens is 745 g/mol. The van der Waals surface area contributed by atoms with Gasteiger partial charge in [0, 0.05) is 54.8 Å². The molecule has 0 aliphatic rings. The van der Waals surface area contributed by atoms with Crippen LogP contribution in [0.5, 0.6) is 0 Å². The minimum absolute atomic E-state index is 0.499. The summed E-state index contributed by atoms with van der Waals surface area (Å²) in [6.07, 6.45) is 0. The van der Waals surface area contributed by atoms with E-state index in [2.05, 4.69) is 171 Å². The van der Waals surface area contributed by atoms with Gasteiger partial charge in [-0.15, -0.1) is 0 Å². The number of pyridine rings is 1. The highest BCUT2D eigenvalue weighted by molar-refractivity contribution is 6.11. The Morgan fingerprint density at radius 1 is 0.311 bits per heavy atom. The van der Waals surface area contributed by atoms with Crippen molar-refractivity contribution in [3.05, 3.63) is 205 Å². The molecule has 0 saturated carbocycles. The Morgan fingerprint density at radius 3 is 0.885 bits per heavy atom. The van der Waals surface area contributed by atoms with Gasteiger partial charge in [-0.2, -0.15) is 10.5 Å². The summed E-state index contributed by atoms with van der Waals surface area (Å²) in [5.41, 5.74) is 12.7. The summed E-state index contributed by atoms with van der Waals surface area (Å²) in [5, 5.41) is 28.6. The van der Waals surface area contributed by atoms with Crippen molar-refractivity contribution in [2.24, 2.45) is 0 Å². The van der Waals surface area contributed by atoms with Crippen molar-refractivity contribution < 1.29 is 0 Å². The highest BCUT2D eigenvalue weighted by Crippen LogP contribution is 2.39. The van der Waals surface area contributed by atoms with E-state index in [4.69, 9.17) is 4.98 Å². The van der Waals surface area contributed by atoms with E-state index in [0.29, 0.717) is 33.6 Å². The van der Waals surface area contributed by atoms with Crippen LogP contribution in [0.3, 0.4) is 0 Å². The number of benzene rings is 8. The van der Waals surface area contributed by atoms with E-state index in [1.165, 1.54) is 0 Å². The summed E-state index contributed by atoms with van der Waals surface area (Å²) in [7, 11) is 0. The van der Waals surface area contributed by atoms with Crippen LogP contribution in [0.15, 0.2) is 194 Å². The molecule has 61 heavy (non-hydrogen) atoms. The van der Waals surface area contributed by atoms with Gasteiger partial charge in [-0.1, -0.05) is 109 Å². The van der Waals surface area contributed by atoms with Gasteiger partial charge in [-0.3, -0.25) is 0 Å². The van der Waals surface area contributed by atoms with Crippen LogP contribution in [0.4, 0.5) is 0 Å². The Morgan fingerprint density at radius 2 is 0.590 bits per heavy atom. The topological polar surface area (TPSA) is 75.3 Å². The molecule has 12 aromatic rings. The van der Waals surface area contributed by atoms with E-state index in [-0.39, 0.29) is 0 Å². The Hall–Kier alpha value is -8.71. The number of para-hydroxylation sites is 6. The SMILES string of the molecule is N#Cc1cc(-n2c3ccccc3c3ccccc32)ccc1-c1cc(-n2c3ccccc3c3ccccc32)cc(-c2ccc(-n3c4ccccc4c4ccccc43)cc2C#N)n1. The van der Waals surface area contributed by atoms with Gasteiger partial charge >= 0.3 is 0 Å². The molecule has 0 aliphatic carbocycles. The quantitative estimate of drug-likeness (QED) is 0.175. The summed E-state index contributed by atoms with van der Waals surface area (Å²) < 4.78 is 6.71. The summed E-state index contributed by atoms with van der Waals surface area (Å²) in [4.78, 5) is 5.32. The van der Waals surface area contributed by atoms with E-state index in [1.54, 1.807) is 0 Å². The Kier molecular flexibility index (Phi) is 7.56. The molecule has 0 saturated heterocycles. The van der Waals surface area contributed by atoms with E-state index in [9.17, 15) is 10.5 Å². The molecule has 6 nitrogen and oxygen atoms in total. The average molecular weight is 777 g/mol. The first-order valence-electron chi connectivity index (χ1n) is 20.3. The lowest BCUT2D eigenvalue weighted by atomic mass is 9.99. The minimum Gasteiger partial charge on any atom is -0.309 e. The van der Waals surface area contributed by atoms with Crippen molar-refractivity contribution in [3.8, 4) is 51.7 Å². The van der Waals surface area contributed by atoms with Crippen molar-refractivity contribution in [1.29, 1.82) is 10.5 Å². The number of hydrogen-bond acceptors (Lipinski definition) is 3. The fraction of sp³-hybridized carbons (Fsp3) is 0. The third kappa shape index (κ3) is 5.17. The van der Waals surface area contributed by atoms with E-state index < -0.39 is 0 Å². The Bertz CT molecular complexity index is 3510. The molecule has 0 aliphatic heterocycles. The molecular formula is C55H32N6. The molecule has 0 atom stereocenters. The number of nitrogens with zero attached hydrogens (tertiary/aromatic N) is 6. The van der Waals surface area contributed by atoms with Gasteiger partial charge in [0.2, 0.25) is 0 Å². The molecule has 6 heteroatoms. The number of aromatic nitrogens is 4. The monoisotopic (exact) mass is 776 g/mol. The summed E-state index contributed by atoms with van der Waals surface area (Å²) in [6.45, 7) is 0. The molecule has 0 bridgehead atoms. The molecule has 12 rings (SSSR count). The Labute approximate surface area is 350 Å². The summed E-state index contributed by atoms with van der Waals surface area (Å²) >= 11 is 0. The van der Waals surface area contributed by atoms with Crippen molar-refractivity contribution in [1.82, 2.24) is 18.7 Å². The van der Waals surface area contributed by atoms with Crippen LogP contribution in [0, 0.1) is 22.7 Å².